The second-order valence-corrected chi connectivity index (χ2v) is 4.32. The van der Waals surface area contributed by atoms with Crippen molar-refractivity contribution in [1.29, 1.82) is 0 Å². The van der Waals surface area contributed by atoms with E-state index in [0.717, 1.165) is 13.2 Å². The van der Waals surface area contributed by atoms with Crippen molar-refractivity contribution in [2.75, 3.05) is 13.2 Å². The molecule has 2 saturated heterocycles. The van der Waals surface area contributed by atoms with Crippen molar-refractivity contribution in [1.82, 2.24) is 0 Å². The molecule has 2 aliphatic rings. The Kier molecular flexibility index (Phi) is 2.13. The van der Waals surface area contributed by atoms with Crippen LogP contribution in [0.2, 0.25) is 0 Å². The number of fused-ring (bicyclic) bond motifs is 2. The monoisotopic (exact) mass is 170 g/mol. The average molecular weight is 170 g/mol. The second-order valence-electron chi connectivity index (χ2n) is 4.32. The van der Waals surface area contributed by atoms with Gasteiger partial charge in [-0.05, 0) is 26.2 Å². The minimum absolute atomic E-state index is 0.318. The molecule has 70 valence electrons. The van der Waals surface area contributed by atoms with Gasteiger partial charge in [-0.1, -0.05) is 6.92 Å². The molecule has 2 aliphatic heterocycles. The number of ether oxygens (including phenoxy) is 2. The van der Waals surface area contributed by atoms with Crippen LogP contribution in [0.4, 0.5) is 0 Å². The van der Waals surface area contributed by atoms with Crippen LogP contribution in [0.25, 0.3) is 0 Å². The molecule has 0 amide bonds. The zero-order chi connectivity index (χ0) is 8.60. The summed E-state index contributed by atoms with van der Waals surface area (Å²) < 4.78 is 11.3. The van der Waals surface area contributed by atoms with Crippen LogP contribution in [-0.2, 0) is 9.47 Å². The summed E-state index contributed by atoms with van der Waals surface area (Å²) in [6, 6.07) is 0. The molecule has 12 heavy (non-hydrogen) atoms. The third-order valence-electron chi connectivity index (χ3n) is 3.21. The summed E-state index contributed by atoms with van der Waals surface area (Å²) in [5.74, 6) is 0. The largest absolute Gasteiger partial charge is 0.381 e. The topological polar surface area (TPSA) is 18.5 Å². The molecular formula is C10H18O2. The molecule has 2 heteroatoms. The number of rotatable bonds is 3. The molecule has 3 atom stereocenters. The van der Waals surface area contributed by atoms with E-state index in [0.29, 0.717) is 17.6 Å². The summed E-state index contributed by atoms with van der Waals surface area (Å²) in [6.45, 7) is 6.06. The van der Waals surface area contributed by atoms with Crippen molar-refractivity contribution in [3.63, 3.8) is 0 Å². The first-order valence-corrected chi connectivity index (χ1v) is 4.98. The first-order chi connectivity index (χ1) is 5.74. The van der Waals surface area contributed by atoms with Crippen molar-refractivity contribution < 1.29 is 9.47 Å². The highest BCUT2D eigenvalue weighted by molar-refractivity contribution is 4.97. The van der Waals surface area contributed by atoms with Gasteiger partial charge >= 0.3 is 0 Å². The fourth-order valence-corrected chi connectivity index (χ4v) is 2.51. The molecule has 2 fully saturated rings. The molecule has 0 spiro atoms. The van der Waals surface area contributed by atoms with Crippen molar-refractivity contribution in [3.8, 4) is 0 Å². The lowest BCUT2D eigenvalue weighted by molar-refractivity contribution is 0.00673. The van der Waals surface area contributed by atoms with Crippen LogP contribution in [0, 0.1) is 5.41 Å². The molecule has 2 heterocycles. The van der Waals surface area contributed by atoms with Crippen LogP contribution in [0.5, 0.6) is 0 Å². The Labute approximate surface area is 74.2 Å². The maximum absolute atomic E-state index is 5.80. The molecule has 0 N–H and O–H groups in total. The Bertz CT molecular complexity index is 169. The van der Waals surface area contributed by atoms with Crippen LogP contribution in [0.15, 0.2) is 0 Å². The standard InChI is InChI=1S/C10H18O2/c1-3-11-7-10(2)6-8-4-5-9(10)12-8/h8-9H,3-7H2,1-2H3. The van der Waals surface area contributed by atoms with Crippen LogP contribution < -0.4 is 0 Å². The van der Waals surface area contributed by atoms with Crippen molar-refractivity contribution >= 4 is 0 Å². The fourth-order valence-electron chi connectivity index (χ4n) is 2.51. The Morgan fingerprint density at radius 2 is 2.33 bits per heavy atom. The van der Waals surface area contributed by atoms with Gasteiger partial charge in [0, 0.05) is 12.0 Å². The van der Waals surface area contributed by atoms with Gasteiger partial charge in [0.25, 0.3) is 0 Å². The Morgan fingerprint density at radius 1 is 1.50 bits per heavy atom. The predicted octanol–water partition coefficient (Wildman–Crippen LogP) is 1.98. The summed E-state index contributed by atoms with van der Waals surface area (Å²) in [7, 11) is 0. The van der Waals surface area contributed by atoms with Crippen LogP contribution in [0.3, 0.4) is 0 Å². The van der Waals surface area contributed by atoms with E-state index in [2.05, 4.69) is 13.8 Å². The normalized spacial score (nSPS) is 45.5. The summed E-state index contributed by atoms with van der Waals surface area (Å²) in [6.07, 6.45) is 4.74. The number of hydrogen-bond acceptors (Lipinski definition) is 2. The third-order valence-corrected chi connectivity index (χ3v) is 3.21. The van der Waals surface area contributed by atoms with Gasteiger partial charge in [-0.3, -0.25) is 0 Å². The fraction of sp³-hybridized carbons (Fsp3) is 1.00. The van der Waals surface area contributed by atoms with Gasteiger partial charge in [0.05, 0.1) is 18.8 Å². The van der Waals surface area contributed by atoms with E-state index < -0.39 is 0 Å². The molecular weight excluding hydrogens is 152 g/mol. The summed E-state index contributed by atoms with van der Waals surface area (Å²) in [5, 5.41) is 0. The van der Waals surface area contributed by atoms with Gasteiger partial charge in [-0.15, -0.1) is 0 Å². The lowest BCUT2D eigenvalue weighted by atomic mass is 9.76. The first-order valence-electron chi connectivity index (χ1n) is 4.98. The highest BCUT2D eigenvalue weighted by atomic mass is 16.5. The highest BCUT2D eigenvalue weighted by Crippen LogP contribution is 2.47. The van der Waals surface area contributed by atoms with E-state index >= 15 is 0 Å². The minimum atomic E-state index is 0.318. The molecule has 0 saturated carbocycles. The molecule has 2 nitrogen and oxygen atoms in total. The van der Waals surface area contributed by atoms with Gasteiger partial charge < -0.3 is 9.47 Å². The smallest absolute Gasteiger partial charge is 0.0656 e. The molecule has 0 aromatic heterocycles. The van der Waals surface area contributed by atoms with E-state index in [1.807, 2.05) is 0 Å². The van der Waals surface area contributed by atoms with Crippen molar-refractivity contribution in [2.45, 2.75) is 45.3 Å². The van der Waals surface area contributed by atoms with Crippen LogP contribution >= 0.6 is 0 Å². The van der Waals surface area contributed by atoms with E-state index in [1.165, 1.54) is 19.3 Å². The zero-order valence-corrected chi connectivity index (χ0v) is 8.01. The molecule has 0 aliphatic carbocycles. The van der Waals surface area contributed by atoms with E-state index in [-0.39, 0.29) is 0 Å². The summed E-state index contributed by atoms with van der Waals surface area (Å²) in [5.41, 5.74) is 0.318. The number of hydrogen-bond donors (Lipinski definition) is 0. The Hall–Kier alpha value is -0.0800. The molecule has 0 aromatic rings. The first kappa shape index (κ1) is 8.52. The van der Waals surface area contributed by atoms with Crippen LogP contribution in [0.1, 0.15) is 33.1 Å². The van der Waals surface area contributed by atoms with Gasteiger partial charge in [0.15, 0.2) is 0 Å². The minimum Gasteiger partial charge on any atom is -0.381 e. The van der Waals surface area contributed by atoms with E-state index in [9.17, 15) is 0 Å². The lowest BCUT2D eigenvalue weighted by Crippen LogP contribution is -2.33. The highest BCUT2D eigenvalue weighted by Gasteiger charge is 2.49. The van der Waals surface area contributed by atoms with E-state index in [4.69, 9.17) is 9.47 Å². The Morgan fingerprint density at radius 3 is 2.83 bits per heavy atom. The van der Waals surface area contributed by atoms with Gasteiger partial charge in [0.2, 0.25) is 0 Å². The SMILES string of the molecule is CCOCC1(C)CC2CCC1O2. The maximum Gasteiger partial charge on any atom is 0.0656 e. The maximum atomic E-state index is 5.80. The molecule has 3 unspecified atom stereocenters. The Balaban J connectivity index is 1.93. The van der Waals surface area contributed by atoms with Gasteiger partial charge in [-0.25, -0.2) is 0 Å². The lowest BCUT2D eigenvalue weighted by Gasteiger charge is -2.30. The average Bonchev–Trinajstić information content (AvgIpc) is 2.60. The van der Waals surface area contributed by atoms with Crippen molar-refractivity contribution in [2.24, 2.45) is 5.41 Å². The van der Waals surface area contributed by atoms with Crippen LogP contribution in [-0.4, -0.2) is 25.4 Å². The summed E-state index contributed by atoms with van der Waals surface area (Å²) >= 11 is 0. The molecule has 0 aromatic carbocycles. The quantitative estimate of drug-likeness (QED) is 0.644. The molecule has 2 bridgehead atoms. The second kappa shape index (κ2) is 3.00. The van der Waals surface area contributed by atoms with E-state index in [1.54, 1.807) is 0 Å². The predicted molar refractivity (Wildman–Crippen MR) is 47.1 cm³/mol. The van der Waals surface area contributed by atoms with Gasteiger partial charge in [-0.2, -0.15) is 0 Å². The van der Waals surface area contributed by atoms with Crippen molar-refractivity contribution in [3.05, 3.63) is 0 Å². The van der Waals surface area contributed by atoms with Gasteiger partial charge in [0.1, 0.15) is 0 Å². The molecule has 0 radical (unpaired) electrons. The summed E-state index contributed by atoms with van der Waals surface area (Å²) in [4.78, 5) is 0. The zero-order valence-electron chi connectivity index (χ0n) is 8.01. The molecule has 2 rings (SSSR count). The third kappa shape index (κ3) is 1.27.